The number of nitrogens with one attached hydrogen (secondary N) is 2. The summed E-state index contributed by atoms with van der Waals surface area (Å²) in [5, 5.41) is 5.64. The van der Waals surface area contributed by atoms with Crippen LogP contribution in [0.15, 0.2) is 18.3 Å². The summed E-state index contributed by atoms with van der Waals surface area (Å²) in [5.74, 6) is -0.0631. The lowest BCUT2D eigenvalue weighted by Crippen LogP contribution is -2.47. The molecule has 1 aromatic rings. The molecule has 5 heteroatoms. The Hall–Kier alpha value is -1.91. The van der Waals surface area contributed by atoms with Crippen molar-refractivity contribution in [1.29, 1.82) is 0 Å². The molecule has 0 aromatic carbocycles. The van der Waals surface area contributed by atoms with Gasteiger partial charge in [0.2, 0.25) is 5.91 Å². The molecule has 0 bridgehead atoms. The summed E-state index contributed by atoms with van der Waals surface area (Å²) in [7, 11) is 0. The van der Waals surface area contributed by atoms with Gasteiger partial charge in [0, 0.05) is 36.5 Å². The minimum Gasteiger partial charge on any atom is -0.354 e. The fraction of sp³-hybridized carbons (Fsp3) is 0.417. The van der Waals surface area contributed by atoms with Gasteiger partial charge >= 0.3 is 0 Å². The molecule has 1 fully saturated rings. The normalized spacial score (nSPS) is 19.6. The minimum atomic E-state index is -0.114. The molecular weight excluding hydrogens is 218 g/mol. The molecule has 2 N–H and O–H groups in total. The highest BCUT2D eigenvalue weighted by molar-refractivity contribution is 5.94. The summed E-state index contributed by atoms with van der Waals surface area (Å²) in [4.78, 5) is 26.9. The van der Waals surface area contributed by atoms with E-state index >= 15 is 0 Å². The summed E-state index contributed by atoms with van der Waals surface area (Å²) < 4.78 is 0. The number of piperidine rings is 1. The van der Waals surface area contributed by atoms with E-state index in [2.05, 4.69) is 15.6 Å². The van der Waals surface area contributed by atoms with E-state index in [1.54, 1.807) is 18.3 Å². The second-order valence-corrected chi connectivity index (χ2v) is 4.20. The third kappa shape index (κ3) is 3.03. The maximum Gasteiger partial charge on any atom is 0.251 e. The Labute approximate surface area is 99.6 Å². The van der Waals surface area contributed by atoms with E-state index in [4.69, 9.17) is 0 Å². The summed E-state index contributed by atoms with van der Waals surface area (Å²) >= 11 is 0. The van der Waals surface area contributed by atoms with Crippen LogP contribution in [0.3, 0.4) is 0 Å². The first-order valence-electron chi connectivity index (χ1n) is 5.65. The number of hydrogen-bond donors (Lipinski definition) is 2. The predicted molar refractivity (Wildman–Crippen MR) is 62.5 cm³/mol. The van der Waals surface area contributed by atoms with Crippen LogP contribution in [0.4, 0.5) is 0 Å². The highest BCUT2D eigenvalue weighted by Crippen LogP contribution is 2.05. The molecule has 0 radical (unpaired) electrons. The first-order valence-corrected chi connectivity index (χ1v) is 5.65. The van der Waals surface area contributed by atoms with Crippen LogP contribution in [0, 0.1) is 6.92 Å². The van der Waals surface area contributed by atoms with Gasteiger partial charge in [-0.2, -0.15) is 0 Å². The van der Waals surface area contributed by atoms with Gasteiger partial charge in [0.05, 0.1) is 0 Å². The van der Waals surface area contributed by atoms with E-state index in [9.17, 15) is 9.59 Å². The zero-order chi connectivity index (χ0) is 12.3. The Morgan fingerprint density at radius 1 is 1.59 bits per heavy atom. The molecule has 1 aliphatic rings. The van der Waals surface area contributed by atoms with E-state index in [1.165, 1.54) is 0 Å². The van der Waals surface area contributed by atoms with E-state index in [1.807, 2.05) is 6.92 Å². The van der Waals surface area contributed by atoms with Crippen molar-refractivity contribution in [3.8, 4) is 0 Å². The summed E-state index contributed by atoms with van der Waals surface area (Å²) in [5.41, 5.74) is 1.42. The van der Waals surface area contributed by atoms with Gasteiger partial charge in [0.15, 0.2) is 0 Å². The molecule has 0 spiro atoms. The van der Waals surface area contributed by atoms with Crippen LogP contribution in [0.5, 0.6) is 0 Å². The minimum absolute atomic E-state index is 0.0219. The number of rotatable bonds is 2. The first-order chi connectivity index (χ1) is 8.15. The molecule has 1 aromatic heterocycles. The molecule has 90 valence electrons. The standard InChI is InChI=1S/C12H15N3O2/c1-8-6-9(4-5-13-8)12(17)15-10-2-3-11(16)14-7-10/h4-6,10H,2-3,7H2,1H3,(H,14,16)(H,15,17). The van der Waals surface area contributed by atoms with Crippen molar-refractivity contribution >= 4 is 11.8 Å². The quantitative estimate of drug-likeness (QED) is 0.776. The Morgan fingerprint density at radius 2 is 2.41 bits per heavy atom. The maximum absolute atomic E-state index is 11.9. The first kappa shape index (κ1) is 11.6. The molecule has 1 atom stereocenters. The number of aryl methyl sites for hydroxylation is 1. The van der Waals surface area contributed by atoms with E-state index < -0.39 is 0 Å². The number of nitrogens with zero attached hydrogens (tertiary/aromatic N) is 1. The highest BCUT2D eigenvalue weighted by atomic mass is 16.2. The lowest BCUT2D eigenvalue weighted by atomic mass is 10.1. The Morgan fingerprint density at radius 3 is 3.06 bits per heavy atom. The number of carbonyl (C=O) groups excluding carboxylic acids is 2. The van der Waals surface area contributed by atoms with Gasteiger partial charge < -0.3 is 10.6 Å². The lowest BCUT2D eigenvalue weighted by molar-refractivity contribution is -0.122. The van der Waals surface area contributed by atoms with Gasteiger partial charge in [-0.15, -0.1) is 0 Å². The number of carbonyl (C=O) groups is 2. The van der Waals surface area contributed by atoms with Crippen LogP contribution in [0.25, 0.3) is 0 Å². The Bertz CT molecular complexity index is 435. The molecule has 1 aliphatic heterocycles. The summed E-state index contributed by atoms with van der Waals surface area (Å²) in [6, 6.07) is 3.45. The molecule has 2 amide bonds. The summed E-state index contributed by atoms with van der Waals surface area (Å²) in [6.07, 6.45) is 2.79. The summed E-state index contributed by atoms with van der Waals surface area (Å²) in [6.45, 7) is 2.35. The zero-order valence-corrected chi connectivity index (χ0v) is 9.69. The number of pyridine rings is 1. The number of aromatic nitrogens is 1. The van der Waals surface area contributed by atoms with Crippen molar-refractivity contribution < 1.29 is 9.59 Å². The molecule has 0 aliphatic carbocycles. The van der Waals surface area contributed by atoms with Crippen molar-refractivity contribution in [3.63, 3.8) is 0 Å². The van der Waals surface area contributed by atoms with Crippen LogP contribution >= 0.6 is 0 Å². The van der Waals surface area contributed by atoms with Gasteiger partial charge in [-0.1, -0.05) is 0 Å². The van der Waals surface area contributed by atoms with Gasteiger partial charge in [0.1, 0.15) is 0 Å². The molecule has 2 rings (SSSR count). The van der Waals surface area contributed by atoms with Crippen molar-refractivity contribution in [2.75, 3.05) is 6.54 Å². The number of hydrogen-bond acceptors (Lipinski definition) is 3. The lowest BCUT2D eigenvalue weighted by Gasteiger charge is -2.23. The maximum atomic E-state index is 11.9. The van der Waals surface area contributed by atoms with Crippen LogP contribution in [0.2, 0.25) is 0 Å². The fourth-order valence-corrected chi connectivity index (χ4v) is 1.81. The van der Waals surface area contributed by atoms with Crippen LogP contribution < -0.4 is 10.6 Å². The molecule has 17 heavy (non-hydrogen) atoms. The van der Waals surface area contributed by atoms with Crippen molar-refractivity contribution in [1.82, 2.24) is 15.6 Å². The highest BCUT2D eigenvalue weighted by Gasteiger charge is 2.20. The van der Waals surface area contributed by atoms with E-state index in [0.29, 0.717) is 24.9 Å². The van der Waals surface area contributed by atoms with Crippen molar-refractivity contribution in [2.45, 2.75) is 25.8 Å². The molecule has 2 heterocycles. The third-order valence-electron chi connectivity index (χ3n) is 2.76. The average molecular weight is 233 g/mol. The Kier molecular flexibility index (Phi) is 3.37. The molecule has 1 saturated heterocycles. The van der Waals surface area contributed by atoms with E-state index in [0.717, 1.165) is 5.69 Å². The molecule has 0 saturated carbocycles. The van der Waals surface area contributed by atoms with Gasteiger partial charge in [0.25, 0.3) is 5.91 Å². The third-order valence-corrected chi connectivity index (χ3v) is 2.76. The van der Waals surface area contributed by atoms with Crippen molar-refractivity contribution in [3.05, 3.63) is 29.6 Å². The monoisotopic (exact) mass is 233 g/mol. The second-order valence-electron chi connectivity index (χ2n) is 4.20. The SMILES string of the molecule is Cc1cc(C(=O)NC2CCC(=O)NC2)ccn1. The van der Waals surface area contributed by atoms with E-state index in [-0.39, 0.29) is 17.9 Å². The smallest absolute Gasteiger partial charge is 0.251 e. The van der Waals surface area contributed by atoms with Gasteiger partial charge in [-0.25, -0.2) is 0 Å². The van der Waals surface area contributed by atoms with Crippen LogP contribution in [0.1, 0.15) is 28.9 Å². The van der Waals surface area contributed by atoms with Crippen LogP contribution in [-0.2, 0) is 4.79 Å². The second kappa shape index (κ2) is 4.95. The topological polar surface area (TPSA) is 71.1 Å². The zero-order valence-electron chi connectivity index (χ0n) is 9.69. The van der Waals surface area contributed by atoms with Crippen molar-refractivity contribution in [2.24, 2.45) is 0 Å². The molecule has 5 nitrogen and oxygen atoms in total. The fourth-order valence-electron chi connectivity index (χ4n) is 1.81. The molecular formula is C12H15N3O2. The Balaban J connectivity index is 1.95. The van der Waals surface area contributed by atoms with Crippen LogP contribution in [-0.4, -0.2) is 29.4 Å². The average Bonchev–Trinajstić information content (AvgIpc) is 2.32. The van der Waals surface area contributed by atoms with Gasteiger partial charge in [-0.05, 0) is 25.5 Å². The van der Waals surface area contributed by atoms with Gasteiger partial charge in [-0.3, -0.25) is 14.6 Å². The number of amides is 2. The molecule has 1 unspecified atom stereocenters. The largest absolute Gasteiger partial charge is 0.354 e. The predicted octanol–water partition coefficient (Wildman–Crippen LogP) is 0.398.